The second kappa shape index (κ2) is 5.78. The van der Waals surface area contributed by atoms with Gasteiger partial charge in [0.15, 0.2) is 0 Å². The van der Waals surface area contributed by atoms with Gasteiger partial charge in [0, 0.05) is 11.1 Å². The Kier molecular flexibility index (Phi) is 4.00. The van der Waals surface area contributed by atoms with Gasteiger partial charge in [0.1, 0.15) is 10.8 Å². The van der Waals surface area contributed by atoms with E-state index in [-0.39, 0.29) is 5.54 Å². The lowest BCUT2D eigenvalue weighted by Crippen LogP contribution is -2.45. The molecule has 3 nitrogen and oxygen atoms in total. The molecule has 1 aromatic carbocycles. The molecule has 1 atom stereocenters. The molecule has 0 spiro atoms. The second-order valence-electron chi connectivity index (χ2n) is 5.61. The molecule has 21 heavy (non-hydrogen) atoms. The van der Waals surface area contributed by atoms with E-state index in [1.807, 2.05) is 0 Å². The van der Waals surface area contributed by atoms with E-state index in [0.717, 1.165) is 30.8 Å². The van der Waals surface area contributed by atoms with E-state index in [4.69, 9.17) is 9.72 Å². The SMILES string of the molecule is CCNC1(c2nc(C)cs2)CCCc2ccc(OC)cc21. The van der Waals surface area contributed by atoms with E-state index in [2.05, 4.69) is 42.7 Å². The highest BCUT2D eigenvalue weighted by molar-refractivity contribution is 7.09. The van der Waals surface area contributed by atoms with Gasteiger partial charge in [-0.3, -0.25) is 0 Å². The molecular formula is C17H22N2OS. The minimum Gasteiger partial charge on any atom is -0.497 e. The van der Waals surface area contributed by atoms with E-state index in [9.17, 15) is 0 Å². The van der Waals surface area contributed by atoms with Crippen molar-refractivity contribution in [1.29, 1.82) is 0 Å². The van der Waals surface area contributed by atoms with Crippen LogP contribution in [0.5, 0.6) is 5.75 Å². The van der Waals surface area contributed by atoms with Crippen LogP contribution >= 0.6 is 11.3 Å². The third-order valence-electron chi connectivity index (χ3n) is 4.24. The summed E-state index contributed by atoms with van der Waals surface area (Å²) in [5, 5.41) is 7.05. The van der Waals surface area contributed by atoms with Crippen molar-refractivity contribution in [3.8, 4) is 5.75 Å². The summed E-state index contributed by atoms with van der Waals surface area (Å²) in [5.41, 5.74) is 3.69. The third kappa shape index (κ3) is 2.47. The van der Waals surface area contributed by atoms with Gasteiger partial charge in [-0.25, -0.2) is 4.98 Å². The first kappa shape index (κ1) is 14.5. The lowest BCUT2D eigenvalue weighted by molar-refractivity contribution is 0.345. The Morgan fingerprint density at radius 3 is 2.95 bits per heavy atom. The van der Waals surface area contributed by atoms with Gasteiger partial charge in [-0.05, 0) is 56.0 Å². The van der Waals surface area contributed by atoms with Crippen LogP contribution in [-0.2, 0) is 12.0 Å². The van der Waals surface area contributed by atoms with Crippen molar-refractivity contribution in [3.63, 3.8) is 0 Å². The molecular weight excluding hydrogens is 280 g/mol. The topological polar surface area (TPSA) is 34.2 Å². The smallest absolute Gasteiger partial charge is 0.119 e. The van der Waals surface area contributed by atoms with E-state index in [0.29, 0.717) is 0 Å². The monoisotopic (exact) mass is 302 g/mol. The van der Waals surface area contributed by atoms with Crippen LogP contribution in [0.3, 0.4) is 0 Å². The summed E-state index contributed by atoms with van der Waals surface area (Å²) < 4.78 is 5.45. The van der Waals surface area contributed by atoms with Crippen LogP contribution in [-0.4, -0.2) is 18.6 Å². The Balaban J connectivity index is 2.18. The third-order valence-corrected chi connectivity index (χ3v) is 5.36. The van der Waals surface area contributed by atoms with Gasteiger partial charge in [-0.2, -0.15) is 0 Å². The number of benzene rings is 1. The molecule has 4 heteroatoms. The summed E-state index contributed by atoms with van der Waals surface area (Å²) in [5.74, 6) is 0.922. The summed E-state index contributed by atoms with van der Waals surface area (Å²) in [6, 6.07) is 6.46. The lowest BCUT2D eigenvalue weighted by atomic mass is 9.76. The van der Waals surface area contributed by atoms with Crippen LogP contribution in [0.15, 0.2) is 23.6 Å². The zero-order chi connectivity index (χ0) is 14.9. The van der Waals surface area contributed by atoms with Gasteiger partial charge in [-0.15, -0.1) is 11.3 Å². The van der Waals surface area contributed by atoms with Crippen LogP contribution in [0.2, 0.25) is 0 Å². The molecule has 1 aromatic heterocycles. The molecule has 112 valence electrons. The molecule has 1 N–H and O–H groups in total. The zero-order valence-corrected chi connectivity index (χ0v) is 13.7. The Morgan fingerprint density at radius 2 is 2.29 bits per heavy atom. The second-order valence-corrected chi connectivity index (χ2v) is 6.46. The van der Waals surface area contributed by atoms with E-state index >= 15 is 0 Å². The number of rotatable bonds is 4. The largest absolute Gasteiger partial charge is 0.497 e. The molecule has 1 aliphatic rings. The lowest BCUT2D eigenvalue weighted by Gasteiger charge is -2.38. The Hall–Kier alpha value is -1.39. The van der Waals surface area contributed by atoms with E-state index in [1.54, 1.807) is 18.4 Å². The molecule has 0 aliphatic heterocycles. The van der Waals surface area contributed by atoms with Crippen LogP contribution in [0, 0.1) is 6.92 Å². The fourth-order valence-electron chi connectivity index (χ4n) is 3.31. The Labute approximate surface area is 130 Å². The highest BCUT2D eigenvalue weighted by Crippen LogP contribution is 2.43. The number of aromatic nitrogens is 1. The number of aryl methyl sites for hydroxylation is 2. The maximum Gasteiger partial charge on any atom is 0.119 e. The first-order chi connectivity index (χ1) is 10.2. The number of hydrogen-bond acceptors (Lipinski definition) is 4. The van der Waals surface area contributed by atoms with Crippen LogP contribution < -0.4 is 10.1 Å². The molecule has 0 radical (unpaired) electrons. The average Bonchev–Trinajstić information content (AvgIpc) is 2.94. The number of hydrogen-bond donors (Lipinski definition) is 1. The molecule has 0 saturated heterocycles. The first-order valence-corrected chi connectivity index (χ1v) is 8.42. The van der Waals surface area contributed by atoms with Gasteiger partial charge in [-0.1, -0.05) is 13.0 Å². The van der Waals surface area contributed by atoms with Gasteiger partial charge in [0.25, 0.3) is 0 Å². The summed E-state index contributed by atoms with van der Waals surface area (Å²) in [6.45, 7) is 5.15. The Bertz CT molecular complexity index is 637. The van der Waals surface area contributed by atoms with E-state index in [1.165, 1.54) is 22.6 Å². The van der Waals surface area contributed by atoms with Gasteiger partial charge in [0.2, 0.25) is 0 Å². The highest BCUT2D eigenvalue weighted by Gasteiger charge is 2.40. The number of nitrogens with one attached hydrogen (secondary N) is 1. The van der Waals surface area contributed by atoms with Gasteiger partial charge < -0.3 is 10.1 Å². The number of nitrogens with zero attached hydrogens (tertiary/aromatic N) is 1. The molecule has 3 rings (SSSR count). The van der Waals surface area contributed by atoms with Crippen molar-refractivity contribution in [2.75, 3.05) is 13.7 Å². The van der Waals surface area contributed by atoms with Crippen LogP contribution in [0.4, 0.5) is 0 Å². The summed E-state index contributed by atoms with van der Waals surface area (Å²) in [6.07, 6.45) is 3.41. The molecule has 1 heterocycles. The Morgan fingerprint density at radius 1 is 1.43 bits per heavy atom. The first-order valence-electron chi connectivity index (χ1n) is 7.54. The molecule has 0 saturated carbocycles. The zero-order valence-electron chi connectivity index (χ0n) is 12.9. The van der Waals surface area contributed by atoms with Crippen LogP contribution in [0.1, 0.15) is 41.6 Å². The van der Waals surface area contributed by atoms with Crippen LogP contribution in [0.25, 0.3) is 0 Å². The maximum atomic E-state index is 5.45. The van der Waals surface area contributed by atoms with Gasteiger partial charge in [0.05, 0.1) is 12.6 Å². The normalized spacial score (nSPS) is 21.1. The fourth-order valence-corrected chi connectivity index (χ4v) is 4.33. The van der Waals surface area contributed by atoms with Crippen molar-refractivity contribution >= 4 is 11.3 Å². The quantitative estimate of drug-likeness (QED) is 0.936. The summed E-state index contributed by atoms with van der Waals surface area (Å²) in [4.78, 5) is 4.79. The molecule has 0 amide bonds. The van der Waals surface area contributed by atoms with E-state index < -0.39 is 0 Å². The number of fused-ring (bicyclic) bond motifs is 1. The van der Waals surface area contributed by atoms with Gasteiger partial charge >= 0.3 is 0 Å². The predicted molar refractivity (Wildman–Crippen MR) is 87.2 cm³/mol. The molecule has 0 bridgehead atoms. The molecule has 2 aromatic rings. The summed E-state index contributed by atoms with van der Waals surface area (Å²) >= 11 is 1.76. The summed E-state index contributed by atoms with van der Waals surface area (Å²) in [7, 11) is 1.73. The minimum absolute atomic E-state index is 0.157. The number of ether oxygens (including phenoxy) is 1. The van der Waals surface area contributed by atoms with Crippen molar-refractivity contribution in [2.45, 2.75) is 38.6 Å². The van der Waals surface area contributed by atoms with Crippen molar-refractivity contribution in [3.05, 3.63) is 45.4 Å². The molecule has 1 unspecified atom stereocenters. The standard InChI is InChI=1S/C17H22N2OS/c1-4-18-17(16-19-12(2)11-21-16)9-5-6-13-7-8-14(20-3)10-15(13)17/h7-8,10-11,18H,4-6,9H2,1-3H3. The van der Waals surface area contributed by atoms with Crippen molar-refractivity contribution in [2.24, 2.45) is 0 Å². The highest BCUT2D eigenvalue weighted by atomic mass is 32.1. The minimum atomic E-state index is -0.157. The number of thiazole rings is 1. The average molecular weight is 302 g/mol. The van der Waals surface area contributed by atoms with Crippen molar-refractivity contribution in [1.82, 2.24) is 10.3 Å². The maximum absolute atomic E-state index is 5.45. The fraction of sp³-hybridized carbons (Fsp3) is 0.471. The number of methoxy groups -OCH3 is 1. The molecule has 1 aliphatic carbocycles. The van der Waals surface area contributed by atoms with Crippen molar-refractivity contribution < 1.29 is 4.74 Å². The molecule has 0 fully saturated rings. The predicted octanol–water partition coefficient (Wildman–Crippen LogP) is 3.65.